The van der Waals surface area contributed by atoms with Crippen LogP contribution in [0.1, 0.15) is 26.7 Å². The van der Waals surface area contributed by atoms with Gasteiger partial charge in [0.2, 0.25) is 5.91 Å². The molecule has 1 saturated carbocycles. The normalized spacial score (nSPS) is 34.6. The number of thioether (sulfide) groups is 1. The first-order valence-corrected chi connectivity index (χ1v) is 8.04. The van der Waals surface area contributed by atoms with Crippen LogP contribution >= 0.6 is 11.8 Å². The molecule has 3 N–H and O–H groups in total. The van der Waals surface area contributed by atoms with Crippen molar-refractivity contribution in [3.63, 3.8) is 0 Å². The topological polar surface area (TPSA) is 64.4 Å². The Morgan fingerprint density at radius 1 is 1.61 bits per heavy atom. The lowest BCUT2D eigenvalue weighted by Gasteiger charge is -2.54. The minimum Gasteiger partial charge on any atom is -0.377 e. The van der Waals surface area contributed by atoms with Crippen LogP contribution in [0.4, 0.5) is 0 Å². The van der Waals surface area contributed by atoms with Crippen LogP contribution in [0.25, 0.3) is 0 Å². The summed E-state index contributed by atoms with van der Waals surface area (Å²) in [5, 5.41) is 3.13. The molecule has 1 saturated heterocycles. The molecule has 2 fully saturated rings. The molecule has 1 aliphatic carbocycles. The minimum atomic E-state index is -0.380. The van der Waals surface area contributed by atoms with Crippen molar-refractivity contribution in [1.29, 1.82) is 0 Å². The monoisotopic (exact) mass is 272 g/mol. The van der Waals surface area contributed by atoms with Gasteiger partial charge in [0.05, 0.1) is 12.1 Å². The summed E-state index contributed by atoms with van der Waals surface area (Å²) < 4.78 is 5.72. The van der Waals surface area contributed by atoms with Crippen molar-refractivity contribution >= 4 is 17.7 Å². The Morgan fingerprint density at radius 3 is 3.00 bits per heavy atom. The Morgan fingerprint density at radius 2 is 2.33 bits per heavy atom. The van der Waals surface area contributed by atoms with Crippen molar-refractivity contribution in [2.75, 3.05) is 18.6 Å². The lowest BCUT2D eigenvalue weighted by atomic mass is 9.57. The van der Waals surface area contributed by atoms with Crippen molar-refractivity contribution in [1.82, 2.24) is 5.32 Å². The number of nitrogens with one attached hydrogen (secondary N) is 1. The fourth-order valence-electron chi connectivity index (χ4n) is 3.25. The molecule has 1 amide bonds. The highest BCUT2D eigenvalue weighted by atomic mass is 32.2. The van der Waals surface area contributed by atoms with Crippen LogP contribution in [-0.2, 0) is 9.53 Å². The first kappa shape index (κ1) is 14.2. The molecule has 0 spiro atoms. The van der Waals surface area contributed by atoms with Crippen LogP contribution in [0.2, 0.25) is 0 Å². The maximum absolute atomic E-state index is 12.0. The molecule has 5 heteroatoms. The Bertz CT molecular complexity index is 322. The maximum Gasteiger partial charge on any atom is 0.237 e. The van der Waals surface area contributed by atoms with Gasteiger partial charge < -0.3 is 15.8 Å². The minimum absolute atomic E-state index is 0.00697. The summed E-state index contributed by atoms with van der Waals surface area (Å²) in [5.74, 6) is 1.40. The molecule has 0 aromatic rings. The van der Waals surface area contributed by atoms with E-state index in [2.05, 4.69) is 19.2 Å². The van der Waals surface area contributed by atoms with Gasteiger partial charge in [-0.15, -0.1) is 0 Å². The SMILES string of the molecule is CSCC[C@H](N)C(=O)NC1C2CCOC2C1(C)C. The van der Waals surface area contributed by atoms with Crippen molar-refractivity contribution in [2.45, 2.75) is 44.9 Å². The van der Waals surface area contributed by atoms with Crippen LogP contribution < -0.4 is 11.1 Å². The molecule has 3 unspecified atom stereocenters. The fourth-order valence-corrected chi connectivity index (χ4v) is 3.74. The quantitative estimate of drug-likeness (QED) is 0.783. The summed E-state index contributed by atoms with van der Waals surface area (Å²) in [6.07, 6.45) is 4.13. The molecule has 104 valence electrons. The zero-order chi connectivity index (χ0) is 13.3. The zero-order valence-electron chi connectivity index (χ0n) is 11.4. The Hall–Kier alpha value is -0.260. The highest BCUT2D eigenvalue weighted by molar-refractivity contribution is 7.98. The molecule has 2 rings (SSSR count). The zero-order valence-corrected chi connectivity index (χ0v) is 12.3. The van der Waals surface area contributed by atoms with Crippen LogP contribution in [-0.4, -0.2) is 42.7 Å². The molecule has 2 aliphatic rings. The van der Waals surface area contributed by atoms with Gasteiger partial charge in [0, 0.05) is 24.0 Å². The Balaban J connectivity index is 1.87. The average Bonchev–Trinajstić information content (AvgIpc) is 2.79. The molecule has 0 aromatic carbocycles. The third-order valence-corrected chi connectivity index (χ3v) is 5.01. The van der Waals surface area contributed by atoms with E-state index in [0.29, 0.717) is 12.0 Å². The van der Waals surface area contributed by atoms with Gasteiger partial charge >= 0.3 is 0 Å². The highest BCUT2D eigenvalue weighted by Gasteiger charge is 2.59. The lowest BCUT2D eigenvalue weighted by Crippen LogP contribution is -2.68. The maximum atomic E-state index is 12.0. The number of nitrogens with two attached hydrogens (primary N) is 1. The first-order chi connectivity index (χ1) is 8.48. The van der Waals surface area contributed by atoms with Gasteiger partial charge in [-0.05, 0) is 24.9 Å². The number of carbonyl (C=O) groups is 1. The first-order valence-electron chi connectivity index (χ1n) is 6.65. The molecule has 0 bridgehead atoms. The average molecular weight is 272 g/mol. The second-order valence-corrected chi connectivity index (χ2v) is 6.93. The van der Waals surface area contributed by atoms with E-state index in [1.807, 2.05) is 6.26 Å². The number of amides is 1. The summed E-state index contributed by atoms with van der Waals surface area (Å²) in [6, 6.07) is -0.160. The van der Waals surface area contributed by atoms with E-state index in [1.165, 1.54) is 0 Å². The molecule has 0 radical (unpaired) electrons. The van der Waals surface area contributed by atoms with Crippen molar-refractivity contribution in [2.24, 2.45) is 17.1 Å². The summed E-state index contributed by atoms with van der Waals surface area (Å²) >= 11 is 1.72. The van der Waals surface area contributed by atoms with Gasteiger partial charge in [0.1, 0.15) is 0 Å². The van der Waals surface area contributed by atoms with Crippen LogP contribution in [0.3, 0.4) is 0 Å². The van der Waals surface area contributed by atoms with Gasteiger partial charge in [-0.25, -0.2) is 0 Å². The second kappa shape index (κ2) is 5.39. The van der Waals surface area contributed by atoms with Crippen molar-refractivity contribution in [3.05, 3.63) is 0 Å². The van der Waals surface area contributed by atoms with Gasteiger partial charge in [-0.3, -0.25) is 4.79 Å². The Kier molecular flexibility index (Phi) is 4.24. The molecule has 0 aromatic heterocycles. The standard InChI is InChI=1S/C13H24N2O2S/c1-13(2)10(8-4-6-17-11(8)13)15-12(16)9(14)5-7-18-3/h8-11H,4-7,14H2,1-3H3,(H,15,16)/t8?,9-,10?,11?/m0/s1. The van der Waals surface area contributed by atoms with E-state index in [1.54, 1.807) is 11.8 Å². The predicted octanol–water partition coefficient (Wildman–Crippen LogP) is 0.996. The summed E-state index contributed by atoms with van der Waals surface area (Å²) in [7, 11) is 0. The molecular formula is C13H24N2O2S. The predicted molar refractivity (Wildman–Crippen MR) is 74.5 cm³/mol. The van der Waals surface area contributed by atoms with Gasteiger partial charge in [-0.1, -0.05) is 13.8 Å². The molecule has 1 aliphatic heterocycles. The molecule has 1 heterocycles. The molecule has 18 heavy (non-hydrogen) atoms. The van der Waals surface area contributed by atoms with Crippen molar-refractivity contribution < 1.29 is 9.53 Å². The van der Waals surface area contributed by atoms with Gasteiger partial charge in [-0.2, -0.15) is 11.8 Å². The molecule has 4 nitrogen and oxygen atoms in total. The third kappa shape index (κ3) is 2.40. The number of ether oxygens (including phenoxy) is 1. The van der Waals surface area contributed by atoms with E-state index in [-0.39, 0.29) is 23.4 Å². The highest BCUT2D eigenvalue weighted by Crippen LogP contribution is 2.52. The van der Waals surface area contributed by atoms with Gasteiger partial charge in [0.25, 0.3) is 0 Å². The molecular weight excluding hydrogens is 248 g/mol. The summed E-state index contributed by atoms with van der Waals surface area (Å²) in [6.45, 7) is 5.15. The lowest BCUT2D eigenvalue weighted by molar-refractivity contribution is -0.138. The third-order valence-electron chi connectivity index (χ3n) is 4.37. The number of rotatable bonds is 5. The van der Waals surface area contributed by atoms with E-state index in [0.717, 1.165) is 25.2 Å². The smallest absolute Gasteiger partial charge is 0.237 e. The number of fused-ring (bicyclic) bond motifs is 1. The van der Waals surface area contributed by atoms with Crippen LogP contribution in [0, 0.1) is 11.3 Å². The Labute approximate surface area is 113 Å². The van der Waals surface area contributed by atoms with E-state index in [9.17, 15) is 4.79 Å². The molecule has 4 atom stereocenters. The largest absolute Gasteiger partial charge is 0.377 e. The van der Waals surface area contributed by atoms with E-state index < -0.39 is 0 Å². The summed E-state index contributed by atoms with van der Waals surface area (Å²) in [5.41, 5.74) is 5.94. The number of hydrogen-bond donors (Lipinski definition) is 2. The van der Waals surface area contributed by atoms with Gasteiger partial charge in [0.15, 0.2) is 0 Å². The van der Waals surface area contributed by atoms with Crippen LogP contribution in [0.5, 0.6) is 0 Å². The second-order valence-electron chi connectivity index (χ2n) is 5.94. The number of hydrogen-bond acceptors (Lipinski definition) is 4. The fraction of sp³-hybridized carbons (Fsp3) is 0.923. The summed E-state index contributed by atoms with van der Waals surface area (Å²) in [4.78, 5) is 12.0. The van der Waals surface area contributed by atoms with E-state index >= 15 is 0 Å². The van der Waals surface area contributed by atoms with Crippen molar-refractivity contribution in [3.8, 4) is 0 Å². The number of carbonyl (C=O) groups excluding carboxylic acids is 1. The van der Waals surface area contributed by atoms with E-state index in [4.69, 9.17) is 10.5 Å². The van der Waals surface area contributed by atoms with Crippen LogP contribution in [0.15, 0.2) is 0 Å².